The molecule has 1 heterocycles. The molecule has 0 saturated carbocycles. The Morgan fingerprint density at radius 3 is 1.93 bits per heavy atom. The highest BCUT2D eigenvalue weighted by Gasteiger charge is 2.38. The number of nitrogens with two attached hydrogens (primary N) is 1. The van der Waals surface area contributed by atoms with E-state index in [4.69, 9.17) is 15.6 Å². The van der Waals surface area contributed by atoms with Gasteiger partial charge in [-0.25, -0.2) is 4.79 Å². The van der Waals surface area contributed by atoms with Crippen LogP contribution in [-0.2, 0) is 11.0 Å². The zero-order chi connectivity index (χ0) is 22.5. The minimum absolute atomic E-state index is 0.564. The van der Waals surface area contributed by atoms with E-state index in [-0.39, 0.29) is 0 Å². The molecule has 0 aliphatic carbocycles. The van der Waals surface area contributed by atoms with Crippen molar-refractivity contribution in [2.24, 2.45) is 5.73 Å². The third-order valence-corrected chi connectivity index (χ3v) is 4.25. The number of benzene rings is 2. The minimum Gasteiger partial charge on any atom is -0.475 e. The Labute approximate surface area is 168 Å². The lowest BCUT2D eigenvalue weighted by molar-refractivity contribution is -0.192. The number of anilines is 3. The molecule has 1 aliphatic rings. The van der Waals surface area contributed by atoms with Gasteiger partial charge in [0, 0.05) is 31.9 Å². The Hall–Kier alpha value is -2.95. The molecule has 0 atom stereocenters. The molecule has 3 rings (SSSR count). The van der Waals surface area contributed by atoms with E-state index in [0.717, 1.165) is 42.3 Å². The van der Waals surface area contributed by atoms with Gasteiger partial charge in [0.05, 0.1) is 16.9 Å². The monoisotopic (exact) mass is 435 g/mol. The van der Waals surface area contributed by atoms with Gasteiger partial charge in [-0.3, -0.25) is 0 Å². The van der Waals surface area contributed by atoms with Crippen LogP contribution in [-0.4, -0.2) is 43.4 Å². The summed E-state index contributed by atoms with van der Waals surface area (Å²) in [6, 6.07) is 13.2. The zero-order valence-corrected chi connectivity index (χ0v) is 15.5. The van der Waals surface area contributed by atoms with Gasteiger partial charge in [0.2, 0.25) is 0 Å². The Kier molecular flexibility index (Phi) is 7.19. The molecule has 0 spiro atoms. The summed E-state index contributed by atoms with van der Waals surface area (Å²) in [5.41, 5.74) is 7.84. The van der Waals surface area contributed by atoms with E-state index in [1.54, 1.807) is 0 Å². The summed E-state index contributed by atoms with van der Waals surface area (Å²) in [5.74, 6) is -2.76. The number of carboxylic acid groups (broad SMARTS) is 1. The second-order valence-corrected chi connectivity index (χ2v) is 6.26. The van der Waals surface area contributed by atoms with E-state index in [2.05, 4.69) is 4.90 Å². The smallest absolute Gasteiger partial charge is 0.475 e. The Morgan fingerprint density at radius 2 is 1.47 bits per heavy atom. The maximum atomic E-state index is 12.7. The first kappa shape index (κ1) is 23.3. The number of rotatable bonds is 3. The summed E-state index contributed by atoms with van der Waals surface area (Å²) in [6.45, 7) is 2.82. The van der Waals surface area contributed by atoms with Gasteiger partial charge in [0.25, 0.3) is 0 Å². The van der Waals surface area contributed by atoms with E-state index < -0.39 is 23.9 Å². The molecule has 2 aromatic rings. The maximum Gasteiger partial charge on any atom is 0.490 e. The summed E-state index contributed by atoms with van der Waals surface area (Å²) in [4.78, 5) is 13.1. The number of hydrogen-bond acceptors (Lipinski definition) is 4. The lowest BCUT2D eigenvalue weighted by atomic mass is 10.1. The van der Waals surface area contributed by atoms with Gasteiger partial charge in [-0.2, -0.15) is 26.3 Å². The molecule has 0 aromatic heterocycles. The molecule has 0 radical (unpaired) electrons. The van der Waals surface area contributed by atoms with Gasteiger partial charge in [-0.05, 0) is 36.4 Å². The Bertz CT molecular complexity index is 853. The average molecular weight is 435 g/mol. The van der Waals surface area contributed by atoms with Crippen LogP contribution in [0.15, 0.2) is 48.5 Å². The van der Waals surface area contributed by atoms with Gasteiger partial charge < -0.3 is 20.6 Å². The van der Waals surface area contributed by atoms with Crippen molar-refractivity contribution < 1.29 is 36.2 Å². The van der Waals surface area contributed by atoms with Crippen LogP contribution in [0.4, 0.5) is 43.4 Å². The molecule has 1 aliphatic heterocycles. The summed E-state index contributed by atoms with van der Waals surface area (Å²) in [6.07, 6.45) is -9.39. The van der Waals surface area contributed by atoms with Crippen molar-refractivity contribution in [3.63, 3.8) is 0 Å². The number of carbonyl (C=O) groups is 1. The van der Waals surface area contributed by atoms with E-state index in [1.165, 1.54) is 12.1 Å². The normalized spacial score (nSPS) is 14.0. The molecule has 164 valence electrons. The van der Waals surface area contributed by atoms with E-state index in [9.17, 15) is 26.3 Å². The first-order valence-electron chi connectivity index (χ1n) is 8.74. The molecule has 0 unspecified atom stereocenters. The van der Waals surface area contributed by atoms with Crippen LogP contribution in [0.25, 0.3) is 0 Å². The molecular weight excluding hydrogens is 416 g/mol. The maximum absolute atomic E-state index is 12.7. The predicted molar refractivity (Wildman–Crippen MR) is 99.9 cm³/mol. The standard InChI is InChI=1S/C17H18F3N3.C2HF3O2/c18-17(19,20)13-5-7-14(8-6-13)23-12-11-22(10-9-21)15-3-1-2-4-16(15)23;3-2(4,5)1(6)7/h1-8H,9-12,21H2;(H,6,7). The SMILES string of the molecule is NCCN1CCN(c2ccc(C(F)(F)F)cc2)c2ccccc21.O=C(O)C(F)(F)F. The second kappa shape index (κ2) is 9.24. The topological polar surface area (TPSA) is 69.8 Å². The molecule has 2 aromatic carbocycles. The van der Waals surface area contributed by atoms with Crippen molar-refractivity contribution in [3.05, 3.63) is 54.1 Å². The fourth-order valence-electron chi connectivity index (χ4n) is 2.91. The van der Waals surface area contributed by atoms with Crippen molar-refractivity contribution >= 4 is 23.0 Å². The first-order valence-corrected chi connectivity index (χ1v) is 8.74. The van der Waals surface area contributed by atoms with Gasteiger partial charge in [-0.1, -0.05) is 12.1 Å². The van der Waals surface area contributed by atoms with Crippen molar-refractivity contribution in [2.75, 3.05) is 36.0 Å². The summed E-state index contributed by atoms with van der Waals surface area (Å²) >= 11 is 0. The summed E-state index contributed by atoms with van der Waals surface area (Å²) < 4.78 is 69.9. The number of nitrogens with zero attached hydrogens (tertiary/aromatic N) is 2. The highest BCUT2D eigenvalue weighted by Crippen LogP contribution is 2.38. The van der Waals surface area contributed by atoms with Crippen LogP contribution in [0.5, 0.6) is 0 Å². The molecule has 0 saturated heterocycles. The van der Waals surface area contributed by atoms with Crippen LogP contribution in [0, 0.1) is 0 Å². The van der Waals surface area contributed by atoms with Crippen molar-refractivity contribution in [2.45, 2.75) is 12.4 Å². The van der Waals surface area contributed by atoms with Crippen molar-refractivity contribution in [3.8, 4) is 0 Å². The third kappa shape index (κ3) is 5.78. The number of alkyl halides is 6. The van der Waals surface area contributed by atoms with Gasteiger partial charge in [-0.15, -0.1) is 0 Å². The largest absolute Gasteiger partial charge is 0.490 e. The quantitative estimate of drug-likeness (QED) is 0.706. The van der Waals surface area contributed by atoms with Gasteiger partial charge in [0.1, 0.15) is 0 Å². The highest BCUT2D eigenvalue weighted by atomic mass is 19.4. The number of para-hydroxylation sites is 2. The van der Waals surface area contributed by atoms with Gasteiger partial charge in [0.15, 0.2) is 0 Å². The minimum atomic E-state index is -5.08. The molecule has 30 heavy (non-hydrogen) atoms. The Balaban J connectivity index is 0.000000396. The summed E-state index contributed by atoms with van der Waals surface area (Å²) in [7, 11) is 0. The average Bonchev–Trinajstić information content (AvgIpc) is 2.68. The highest BCUT2D eigenvalue weighted by molar-refractivity contribution is 5.79. The van der Waals surface area contributed by atoms with Crippen LogP contribution in [0.3, 0.4) is 0 Å². The number of halogens is 6. The molecule has 5 nitrogen and oxygen atoms in total. The van der Waals surface area contributed by atoms with Crippen LogP contribution >= 0.6 is 0 Å². The lowest BCUT2D eigenvalue weighted by Crippen LogP contribution is -2.41. The van der Waals surface area contributed by atoms with Gasteiger partial charge >= 0.3 is 18.3 Å². The molecule has 0 bridgehead atoms. The number of fused-ring (bicyclic) bond motifs is 1. The molecule has 0 fully saturated rings. The number of carboxylic acids is 1. The molecule has 11 heteroatoms. The summed E-state index contributed by atoms with van der Waals surface area (Å²) in [5, 5.41) is 7.12. The first-order chi connectivity index (χ1) is 13.9. The number of aliphatic carboxylic acids is 1. The van der Waals surface area contributed by atoms with E-state index >= 15 is 0 Å². The molecule has 3 N–H and O–H groups in total. The fourth-order valence-corrected chi connectivity index (χ4v) is 2.91. The molecular formula is C19H19F6N3O2. The van der Waals surface area contributed by atoms with Crippen molar-refractivity contribution in [1.29, 1.82) is 0 Å². The van der Waals surface area contributed by atoms with Crippen molar-refractivity contribution in [1.82, 2.24) is 0 Å². The Morgan fingerprint density at radius 1 is 0.933 bits per heavy atom. The lowest BCUT2D eigenvalue weighted by Gasteiger charge is -2.38. The zero-order valence-electron chi connectivity index (χ0n) is 15.5. The second-order valence-electron chi connectivity index (χ2n) is 6.26. The molecule has 0 amide bonds. The van der Waals surface area contributed by atoms with Crippen LogP contribution < -0.4 is 15.5 Å². The van der Waals surface area contributed by atoms with E-state index in [1.807, 2.05) is 29.2 Å². The third-order valence-electron chi connectivity index (χ3n) is 4.25. The predicted octanol–water partition coefficient (Wildman–Crippen LogP) is 4.26. The van der Waals surface area contributed by atoms with Crippen LogP contribution in [0.2, 0.25) is 0 Å². The van der Waals surface area contributed by atoms with E-state index in [0.29, 0.717) is 13.1 Å². The van der Waals surface area contributed by atoms with Crippen LogP contribution in [0.1, 0.15) is 5.56 Å². The fraction of sp³-hybridized carbons (Fsp3) is 0.316. The number of hydrogen-bond donors (Lipinski definition) is 2.